The predicted molar refractivity (Wildman–Crippen MR) is 63.8 cm³/mol. The Hall–Kier alpha value is -1.06. The number of aliphatic hydroxyl groups excluding tert-OH is 1. The van der Waals surface area contributed by atoms with E-state index in [1.807, 2.05) is 18.2 Å². The first-order valence-corrected chi connectivity index (χ1v) is 5.67. The fourth-order valence-electron chi connectivity index (χ4n) is 2.40. The zero-order valence-electron chi connectivity index (χ0n) is 9.86. The quantitative estimate of drug-likeness (QED) is 0.813. The minimum Gasteiger partial charge on any atom is -0.496 e. The molecule has 2 unspecified atom stereocenters. The number of methoxy groups -OCH3 is 1. The number of rotatable bonds is 3. The van der Waals surface area contributed by atoms with Crippen molar-refractivity contribution in [3.8, 4) is 5.75 Å². The average Bonchev–Trinajstić information content (AvgIpc) is 2.73. The summed E-state index contributed by atoms with van der Waals surface area (Å²) < 4.78 is 5.37. The van der Waals surface area contributed by atoms with E-state index < -0.39 is 0 Å². The fraction of sp³-hybridized carbons (Fsp3) is 0.538. The van der Waals surface area contributed by atoms with Gasteiger partial charge in [0.05, 0.1) is 13.7 Å². The summed E-state index contributed by atoms with van der Waals surface area (Å²) in [6, 6.07) is 8.11. The maximum atomic E-state index is 9.32. The maximum Gasteiger partial charge on any atom is 0.122 e. The molecule has 0 radical (unpaired) electrons. The second-order valence-corrected chi connectivity index (χ2v) is 4.74. The second kappa shape index (κ2) is 4.44. The van der Waals surface area contributed by atoms with Crippen molar-refractivity contribution in [1.82, 2.24) is 5.32 Å². The molecule has 1 aromatic carbocycles. The summed E-state index contributed by atoms with van der Waals surface area (Å²) in [5.41, 5.74) is 1.08. The molecule has 2 rings (SSSR count). The van der Waals surface area contributed by atoms with Gasteiger partial charge in [-0.1, -0.05) is 18.2 Å². The minimum absolute atomic E-state index is 0.147. The summed E-state index contributed by atoms with van der Waals surface area (Å²) in [5, 5.41) is 12.7. The highest BCUT2D eigenvalue weighted by Crippen LogP contribution is 2.35. The van der Waals surface area contributed by atoms with Gasteiger partial charge in [0.1, 0.15) is 5.75 Å². The second-order valence-electron chi connectivity index (χ2n) is 4.74. The van der Waals surface area contributed by atoms with E-state index in [9.17, 15) is 5.11 Å². The summed E-state index contributed by atoms with van der Waals surface area (Å²) in [6.45, 7) is 3.14. The van der Waals surface area contributed by atoms with Gasteiger partial charge in [-0.15, -0.1) is 0 Å². The van der Waals surface area contributed by atoms with Crippen molar-refractivity contribution in [1.29, 1.82) is 0 Å². The van der Waals surface area contributed by atoms with E-state index in [-0.39, 0.29) is 12.1 Å². The van der Waals surface area contributed by atoms with E-state index in [4.69, 9.17) is 4.74 Å². The van der Waals surface area contributed by atoms with Gasteiger partial charge >= 0.3 is 0 Å². The lowest BCUT2D eigenvalue weighted by atomic mass is 9.90. The van der Waals surface area contributed by atoms with E-state index in [1.54, 1.807) is 7.11 Å². The topological polar surface area (TPSA) is 41.5 Å². The molecule has 1 aliphatic heterocycles. The van der Waals surface area contributed by atoms with Gasteiger partial charge in [0.25, 0.3) is 0 Å². The van der Waals surface area contributed by atoms with Crippen LogP contribution in [0.25, 0.3) is 0 Å². The van der Waals surface area contributed by atoms with E-state index in [1.165, 1.54) is 5.56 Å². The van der Waals surface area contributed by atoms with Gasteiger partial charge in [0.2, 0.25) is 0 Å². The predicted octanol–water partition coefficient (Wildman–Crippen LogP) is 1.52. The number of nitrogens with one attached hydrogen (secondary N) is 1. The summed E-state index contributed by atoms with van der Waals surface area (Å²) in [7, 11) is 1.70. The molecule has 1 saturated heterocycles. The molecule has 0 spiro atoms. The van der Waals surface area contributed by atoms with E-state index in [0.717, 1.165) is 18.7 Å². The van der Waals surface area contributed by atoms with E-state index in [0.29, 0.717) is 5.92 Å². The van der Waals surface area contributed by atoms with Crippen molar-refractivity contribution in [3.05, 3.63) is 29.8 Å². The maximum absolute atomic E-state index is 9.32. The Morgan fingerprint density at radius 3 is 2.88 bits per heavy atom. The number of hydrogen-bond acceptors (Lipinski definition) is 3. The van der Waals surface area contributed by atoms with Crippen LogP contribution in [-0.2, 0) is 0 Å². The summed E-state index contributed by atoms with van der Waals surface area (Å²) in [5.74, 6) is 1.37. The van der Waals surface area contributed by atoms with E-state index in [2.05, 4.69) is 18.3 Å². The molecule has 0 saturated carbocycles. The van der Waals surface area contributed by atoms with Crippen LogP contribution in [0.1, 0.15) is 24.8 Å². The first-order valence-electron chi connectivity index (χ1n) is 5.67. The van der Waals surface area contributed by atoms with Crippen LogP contribution in [0.4, 0.5) is 0 Å². The van der Waals surface area contributed by atoms with Gasteiger partial charge < -0.3 is 15.2 Å². The Morgan fingerprint density at radius 1 is 1.50 bits per heavy atom. The van der Waals surface area contributed by atoms with Crippen molar-refractivity contribution < 1.29 is 9.84 Å². The summed E-state index contributed by atoms with van der Waals surface area (Å²) >= 11 is 0. The number of para-hydroxylation sites is 1. The first-order chi connectivity index (χ1) is 7.68. The lowest BCUT2D eigenvalue weighted by Crippen LogP contribution is -2.39. The molecule has 0 amide bonds. The highest BCUT2D eigenvalue weighted by molar-refractivity contribution is 5.37. The van der Waals surface area contributed by atoms with Crippen molar-refractivity contribution in [2.45, 2.75) is 24.8 Å². The summed E-state index contributed by atoms with van der Waals surface area (Å²) in [4.78, 5) is 0. The normalized spacial score (nSPS) is 29.3. The molecule has 1 aliphatic rings. The van der Waals surface area contributed by atoms with Crippen LogP contribution in [0.15, 0.2) is 24.3 Å². The Bertz CT molecular complexity index is 367. The SMILES string of the molecule is COc1ccccc1C1CNC(C)(CO)C1. The number of ether oxygens (including phenoxy) is 1. The highest BCUT2D eigenvalue weighted by atomic mass is 16.5. The third-order valence-corrected chi connectivity index (χ3v) is 3.40. The van der Waals surface area contributed by atoms with E-state index >= 15 is 0 Å². The molecule has 88 valence electrons. The molecule has 3 heteroatoms. The molecule has 0 aliphatic carbocycles. The Kier molecular flexibility index (Phi) is 3.17. The van der Waals surface area contributed by atoms with Gasteiger partial charge in [0, 0.05) is 18.0 Å². The van der Waals surface area contributed by atoms with Crippen LogP contribution in [0, 0.1) is 0 Å². The van der Waals surface area contributed by atoms with Crippen LogP contribution in [0.3, 0.4) is 0 Å². The number of aliphatic hydroxyl groups is 1. The average molecular weight is 221 g/mol. The molecule has 3 nitrogen and oxygen atoms in total. The van der Waals surface area contributed by atoms with Gasteiger partial charge in [-0.05, 0) is 25.0 Å². The highest BCUT2D eigenvalue weighted by Gasteiger charge is 2.35. The largest absolute Gasteiger partial charge is 0.496 e. The molecule has 1 fully saturated rings. The molecule has 2 N–H and O–H groups in total. The van der Waals surface area contributed by atoms with Crippen molar-refractivity contribution in [2.24, 2.45) is 0 Å². The molecule has 1 aromatic rings. The zero-order valence-corrected chi connectivity index (χ0v) is 9.86. The lowest BCUT2D eigenvalue weighted by Gasteiger charge is -2.21. The lowest BCUT2D eigenvalue weighted by molar-refractivity contribution is 0.191. The molecular formula is C13H19NO2. The third-order valence-electron chi connectivity index (χ3n) is 3.40. The van der Waals surface area contributed by atoms with Crippen LogP contribution in [0.2, 0.25) is 0 Å². The fourth-order valence-corrected chi connectivity index (χ4v) is 2.40. The molecule has 1 heterocycles. The van der Waals surface area contributed by atoms with Gasteiger partial charge in [-0.2, -0.15) is 0 Å². The number of benzene rings is 1. The Balaban J connectivity index is 2.20. The van der Waals surface area contributed by atoms with Gasteiger partial charge in [-0.3, -0.25) is 0 Å². The zero-order chi connectivity index (χ0) is 11.6. The van der Waals surface area contributed by atoms with Crippen molar-refractivity contribution in [2.75, 3.05) is 20.3 Å². The van der Waals surface area contributed by atoms with Crippen molar-refractivity contribution in [3.63, 3.8) is 0 Å². The monoisotopic (exact) mass is 221 g/mol. The Labute approximate surface area is 96.4 Å². The Morgan fingerprint density at radius 2 is 2.25 bits per heavy atom. The van der Waals surface area contributed by atoms with Crippen LogP contribution in [-0.4, -0.2) is 30.9 Å². The molecule has 0 aromatic heterocycles. The van der Waals surface area contributed by atoms with Crippen LogP contribution in [0.5, 0.6) is 5.75 Å². The van der Waals surface area contributed by atoms with Gasteiger partial charge in [0.15, 0.2) is 0 Å². The molecule has 16 heavy (non-hydrogen) atoms. The molecular weight excluding hydrogens is 202 g/mol. The minimum atomic E-state index is -0.147. The van der Waals surface area contributed by atoms with Crippen molar-refractivity contribution >= 4 is 0 Å². The summed E-state index contributed by atoms with van der Waals surface area (Å²) in [6.07, 6.45) is 0.948. The third kappa shape index (κ3) is 2.06. The smallest absolute Gasteiger partial charge is 0.122 e. The molecule has 2 atom stereocenters. The van der Waals surface area contributed by atoms with Crippen LogP contribution < -0.4 is 10.1 Å². The van der Waals surface area contributed by atoms with Crippen LogP contribution >= 0.6 is 0 Å². The first kappa shape index (κ1) is 11.4. The van der Waals surface area contributed by atoms with Gasteiger partial charge in [-0.25, -0.2) is 0 Å². The standard InChI is InChI=1S/C13H19NO2/c1-13(9-15)7-10(8-14-13)11-5-3-4-6-12(11)16-2/h3-6,10,14-15H,7-9H2,1-2H3. The molecule has 0 bridgehead atoms. The number of hydrogen-bond donors (Lipinski definition) is 2.